The second-order valence-corrected chi connectivity index (χ2v) is 4.97. The molecule has 1 atom stereocenters. The highest BCUT2D eigenvalue weighted by atomic mass is 15.2. The second kappa shape index (κ2) is 7.46. The minimum absolute atomic E-state index is 0.480. The molecule has 1 unspecified atom stereocenters. The molecule has 1 aromatic rings. The van der Waals surface area contributed by atoms with Crippen LogP contribution in [-0.2, 0) is 0 Å². The number of benzene rings is 1. The summed E-state index contributed by atoms with van der Waals surface area (Å²) in [6.45, 7) is 10.1. The molecular weight excluding hydrogens is 208 g/mol. The smallest absolute Gasteiger partial charge is 0.0472 e. The summed E-state index contributed by atoms with van der Waals surface area (Å²) in [7, 11) is 2.03. The SMILES string of the molecule is CCN(CC(C)C)C(CNC)c1ccccc1. The van der Waals surface area contributed by atoms with Gasteiger partial charge in [0.1, 0.15) is 0 Å². The van der Waals surface area contributed by atoms with E-state index in [-0.39, 0.29) is 0 Å². The van der Waals surface area contributed by atoms with Crippen molar-refractivity contribution in [2.24, 2.45) is 5.92 Å². The monoisotopic (exact) mass is 234 g/mol. The van der Waals surface area contributed by atoms with E-state index in [4.69, 9.17) is 0 Å². The Kier molecular flexibility index (Phi) is 6.23. The van der Waals surface area contributed by atoms with E-state index < -0.39 is 0 Å². The number of likely N-dealkylation sites (N-methyl/N-ethyl adjacent to an activating group) is 2. The summed E-state index contributed by atoms with van der Waals surface area (Å²) in [5.41, 5.74) is 1.41. The lowest BCUT2D eigenvalue weighted by atomic mass is 10.0. The minimum atomic E-state index is 0.480. The molecule has 17 heavy (non-hydrogen) atoms. The fraction of sp³-hybridized carbons (Fsp3) is 0.600. The fourth-order valence-corrected chi connectivity index (χ4v) is 2.27. The summed E-state index contributed by atoms with van der Waals surface area (Å²) in [6, 6.07) is 11.3. The average Bonchev–Trinajstić information content (AvgIpc) is 2.34. The molecule has 0 aliphatic heterocycles. The maximum Gasteiger partial charge on any atom is 0.0472 e. The summed E-state index contributed by atoms with van der Waals surface area (Å²) < 4.78 is 0. The zero-order valence-electron chi connectivity index (χ0n) is 11.6. The van der Waals surface area contributed by atoms with Crippen molar-refractivity contribution < 1.29 is 0 Å². The molecule has 1 aromatic carbocycles. The van der Waals surface area contributed by atoms with Gasteiger partial charge in [-0.3, -0.25) is 4.90 Å². The highest BCUT2D eigenvalue weighted by molar-refractivity contribution is 5.19. The van der Waals surface area contributed by atoms with Crippen LogP contribution in [0.25, 0.3) is 0 Å². The van der Waals surface area contributed by atoms with Gasteiger partial charge < -0.3 is 5.32 Å². The van der Waals surface area contributed by atoms with Crippen molar-refractivity contribution in [3.8, 4) is 0 Å². The summed E-state index contributed by atoms with van der Waals surface area (Å²) in [4.78, 5) is 2.55. The van der Waals surface area contributed by atoms with Crippen LogP contribution in [0.1, 0.15) is 32.4 Å². The number of nitrogens with one attached hydrogen (secondary N) is 1. The Morgan fingerprint density at radius 3 is 2.29 bits per heavy atom. The number of nitrogens with zero attached hydrogens (tertiary/aromatic N) is 1. The van der Waals surface area contributed by atoms with Crippen LogP contribution in [-0.4, -0.2) is 31.6 Å². The lowest BCUT2D eigenvalue weighted by molar-refractivity contribution is 0.183. The molecule has 0 fully saturated rings. The summed E-state index contributed by atoms with van der Waals surface area (Å²) >= 11 is 0. The molecule has 96 valence electrons. The van der Waals surface area contributed by atoms with Gasteiger partial charge in [0.05, 0.1) is 0 Å². The molecular formula is C15H26N2. The molecule has 1 N–H and O–H groups in total. The summed E-state index contributed by atoms with van der Waals surface area (Å²) in [5.74, 6) is 0.706. The molecule has 0 amide bonds. The second-order valence-electron chi connectivity index (χ2n) is 4.97. The zero-order valence-corrected chi connectivity index (χ0v) is 11.6. The van der Waals surface area contributed by atoms with Crippen molar-refractivity contribution in [2.75, 3.05) is 26.7 Å². The van der Waals surface area contributed by atoms with Crippen LogP contribution >= 0.6 is 0 Å². The van der Waals surface area contributed by atoms with Crippen molar-refractivity contribution >= 4 is 0 Å². The number of hydrogen-bond acceptors (Lipinski definition) is 2. The van der Waals surface area contributed by atoms with Crippen LogP contribution in [0.5, 0.6) is 0 Å². The third kappa shape index (κ3) is 4.49. The fourth-order valence-electron chi connectivity index (χ4n) is 2.27. The van der Waals surface area contributed by atoms with Crippen LogP contribution in [0, 0.1) is 5.92 Å². The summed E-state index contributed by atoms with van der Waals surface area (Å²) in [6.07, 6.45) is 0. The maximum absolute atomic E-state index is 3.31. The predicted molar refractivity (Wildman–Crippen MR) is 75.2 cm³/mol. The minimum Gasteiger partial charge on any atom is -0.318 e. The van der Waals surface area contributed by atoms with Crippen LogP contribution in [0.4, 0.5) is 0 Å². The number of hydrogen-bond donors (Lipinski definition) is 1. The van der Waals surface area contributed by atoms with E-state index in [0.717, 1.165) is 19.6 Å². The topological polar surface area (TPSA) is 15.3 Å². The first-order chi connectivity index (χ1) is 8.19. The molecule has 1 rings (SSSR count). The molecule has 0 radical (unpaired) electrons. The van der Waals surface area contributed by atoms with Gasteiger partial charge in [0.2, 0.25) is 0 Å². The molecule has 0 bridgehead atoms. The van der Waals surface area contributed by atoms with E-state index in [1.165, 1.54) is 5.56 Å². The maximum atomic E-state index is 3.31. The predicted octanol–water partition coefficient (Wildman–Crippen LogP) is 2.93. The third-order valence-electron chi connectivity index (χ3n) is 3.03. The van der Waals surface area contributed by atoms with Gasteiger partial charge in [-0.1, -0.05) is 51.1 Å². The van der Waals surface area contributed by atoms with E-state index in [9.17, 15) is 0 Å². The lowest BCUT2D eigenvalue weighted by Crippen LogP contribution is -2.37. The lowest BCUT2D eigenvalue weighted by Gasteiger charge is -2.32. The first-order valence-corrected chi connectivity index (χ1v) is 6.62. The normalized spacial score (nSPS) is 13.3. The van der Waals surface area contributed by atoms with E-state index in [2.05, 4.69) is 61.3 Å². The third-order valence-corrected chi connectivity index (χ3v) is 3.03. The molecule has 0 aliphatic rings. The van der Waals surface area contributed by atoms with Crippen molar-refractivity contribution in [1.29, 1.82) is 0 Å². The van der Waals surface area contributed by atoms with Crippen molar-refractivity contribution in [1.82, 2.24) is 10.2 Å². The van der Waals surface area contributed by atoms with Gasteiger partial charge in [-0.2, -0.15) is 0 Å². The van der Waals surface area contributed by atoms with E-state index in [0.29, 0.717) is 12.0 Å². The Morgan fingerprint density at radius 1 is 1.18 bits per heavy atom. The molecule has 0 aromatic heterocycles. The van der Waals surface area contributed by atoms with Gasteiger partial charge in [-0.25, -0.2) is 0 Å². The van der Waals surface area contributed by atoms with Gasteiger partial charge in [0, 0.05) is 19.1 Å². The van der Waals surface area contributed by atoms with Crippen LogP contribution in [0.15, 0.2) is 30.3 Å². The summed E-state index contributed by atoms with van der Waals surface area (Å²) in [5, 5.41) is 3.31. The number of rotatable bonds is 7. The highest BCUT2D eigenvalue weighted by Crippen LogP contribution is 2.20. The van der Waals surface area contributed by atoms with Gasteiger partial charge in [0.15, 0.2) is 0 Å². The first-order valence-electron chi connectivity index (χ1n) is 6.62. The van der Waals surface area contributed by atoms with E-state index >= 15 is 0 Å². The van der Waals surface area contributed by atoms with Crippen LogP contribution in [0.3, 0.4) is 0 Å². The molecule has 2 nitrogen and oxygen atoms in total. The van der Waals surface area contributed by atoms with Gasteiger partial charge in [-0.15, -0.1) is 0 Å². The zero-order chi connectivity index (χ0) is 12.7. The van der Waals surface area contributed by atoms with Crippen molar-refractivity contribution in [3.63, 3.8) is 0 Å². The first kappa shape index (κ1) is 14.2. The van der Waals surface area contributed by atoms with Gasteiger partial charge >= 0.3 is 0 Å². The van der Waals surface area contributed by atoms with Crippen molar-refractivity contribution in [3.05, 3.63) is 35.9 Å². The average molecular weight is 234 g/mol. The molecule has 0 spiro atoms. The Balaban J connectivity index is 2.83. The Labute approximate surface area is 106 Å². The molecule has 0 saturated heterocycles. The molecule has 2 heteroatoms. The van der Waals surface area contributed by atoms with Gasteiger partial charge in [0.25, 0.3) is 0 Å². The molecule has 0 aliphatic carbocycles. The van der Waals surface area contributed by atoms with E-state index in [1.807, 2.05) is 7.05 Å². The standard InChI is InChI=1S/C15H26N2/c1-5-17(12-13(2)3)15(11-16-4)14-9-7-6-8-10-14/h6-10,13,15-16H,5,11-12H2,1-4H3. The Hall–Kier alpha value is -0.860. The molecule has 0 heterocycles. The van der Waals surface area contributed by atoms with Crippen LogP contribution < -0.4 is 5.32 Å². The Bertz CT molecular complexity index is 295. The quantitative estimate of drug-likeness (QED) is 0.780. The molecule has 0 saturated carbocycles. The van der Waals surface area contributed by atoms with Crippen LogP contribution in [0.2, 0.25) is 0 Å². The van der Waals surface area contributed by atoms with Gasteiger partial charge in [-0.05, 0) is 25.1 Å². The Morgan fingerprint density at radius 2 is 1.82 bits per heavy atom. The highest BCUT2D eigenvalue weighted by Gasteiger charge is 2.18. The van der Waals surface area contributed by atoms with Crippen molar-refractivity contribution in [2.45, 2.75) is 26.8 Å². The largest absolute Gasteiger partial charge is 0.318 e. The van der Waals surface area contributed by atoms with E-state index in [1.54, 1.807) is 0 Å².